The first-order valence-corrected chi connectivity index (χ1v) is 6.13. The fourth-order valence-corrected chi connectivity index (χ4v) is 1.74. The third-order valence-electron chi connectivity index (χ3n) is 2.82. The Morgan fingerprint density at radius 1 is 1.44 bits per heavy atom. The Bertz CT molecular complexity index is 437. The predicted octanol–water partition coefficient (Wildman–Crippen LogP) is 1.52. The van der Waals surface area contributed by atoms with Crippen LogP contribution in [0.4, 0.5) is 0 Å². The van der Waals surface area contributed by atoms with Crippen LogP contribution in [0.1, 0.15) is 24.5 Å². The van der Waals surface area contributed by atoms with E-state index in [4.69, 9.17) is 5.26 Å². The second kappa shape index (κ2) is 7.46. The molecule has 0 radical (unpaired) electrons. The van der Waals surface area contributed by atoms with E-state index in [1.165, 1.54) is 0 Å². The van der Waals surface area contributed by atoms with E-state index >= 15 is 0 Å². The van der Waals surface area contributed by atoms with Crippen LogP contribution in [0, 0.1) is 11.3 Å². The van der Waals surface area contributed by atoms with Gasteiger partial charge in [-0.25, -0.2) is 0 Å². The minimum Gasteiger partial charge on any atom is -0.339 e. The predicted molar refractivity (Wildman–Crippen MR) is 70.8 cm³/mol. The number of nitriles is 1. The first-order chi connectivity index (χ1) is 8.72. The Labute approximate surface area is 108 Å². The van der Waals surface area contributed by atoms with Crippen molar-refractivity contribution in [3.05, 3.63) is 35.4 Å². The van der Waals surface area contributed by atoms with Crippen molar-refractivity contribution in [2.75, 3.05) is 20.1 Å². The lowest BCUT2D eigenvalue weighted by atomic mass is 10.1. The molecule has 18 heavy (non-hydrogen) atoms. The average molecular weight is 245 g/mol. The summed E-state index contributed by atoms with van der Waals surface area (Å²) in [5.41, 5.74) is 1.54. The minimum absolute atomic E-state index is 0.111. The molecule has 0 saturated heterocycles. The molecule has 0 aliphatic carbocycles. The van der Waals surface area contributed by atoms with Gasteiger partial charge in [-0.1, -0.05) is 18.2 Å². The van der Waals surface area contributed by atoms with Crippen molar-refractivity contribution in [1.29, 1.82) is 5.26 Å². The summed E-state index contributed by atoms with van der Waals surface area (Å²) in [4.78, 5) is 13.7. The summed E-state index contributed by atoms with van der Waals surface area (Å²) >= 11 is 0. The fourth-order valence-electron chi connectivity index (χ4n) is 1.74. The minimum atomic E-state index is 0.111. The summed E-state index contributed by atoms with van der Waals surface area (Å²) in [6.45, 7) is 3.78. The highest BCUT2D eigenvalue weighted by Crippen LogP contribution is 2.11. The van der Waals surface area contributed by atoms with Crippen molar-refractivity contribution < 1.29 is 4.79 Å². The molecule has 0 heterocycles. The summed E-state index contributed by atoms with van der Waals surface area (Å²) in [5, 5.41) is 12.0. The number of nitrogens with zero attached hydrogens (tertiary/aromatic N) is 2. The summed E-state index contributed by atoms with van der Waals surface area (Å²) in [6.07, 6.45) is 0.485. The zero-order valence-corrected chi connectivity index (χ0v) is 10.9. The lowest BCUT2D eigenvalue weighted by Crippen LogP contribution is -2.32. The van der Waals surface area contributed by atoms with E-state index in [9.17, 15) is 4.79 Å². The molecule has 1 aromatic carbocycles. The fraction of sp³-hybridized carbons (Fsp3) is 0.429. The third kappa shape index (κ3) is 3.86. The second-order valence-corrected chi connectivity index (χ2v) is 4.03. The lowest BCUT2D eigenvalue weighted by molar-refractivity contribution is -0.131. The van der Waals surface area contributed by atoms with Crippen LogP contribution in [0.2, 0.25) is 0 Å². The van der Waals surface area contributed by atoms with E-state index in [0.717, 1.165) is 5.56 Å². The molecule has 0 atom stereocenters. The molecule has 4 heteroatoms. The van der Waals surface area contributed by atoms with Crippen molar-refractivity contribution in [1.82, 2.24) is 10.2 Å². The molecule has 96 valence electrons. The molecule has 0 fully saturated rings. The number of carbonyl (C=O) groups is 1. The number of rotatable bonds is 6. The molecule has 1 rings (SSSR count). The van der Waals surface area contributed by atoms with Crippen LogP contribution in [-0.4, -0.2) is 30.9 Å². The van der Waals surface area contributed by atoms with Crippen molar-refractivity contribution in [2.24, 2.45) is 0 Å². The molecule has 0 aromatic heterocycles. The summed E-state index contributed by atoms with van der Waals surface area (Å²) < 4.78 is 0. The number of benzene rings is 1. The number of hydrogen-bond acceptors (Lipinski definition) is 3. The van der Waals surface area contributed by atoms with Gasteiger partial charge < -0.3 is 10.2 Å². The standard InChI is InChI=1S/C14H19N3O/c1-3-17(14(18)8-9-16-2)11-13-7-5-4-6-12(13)10-15/h4-7,16H,3,8-9,11H2,1-2H3. The highest BCUT2D eigenvalue weighted by molar-refractivity contribution is 5.76. The molecule has 1 amide bonds. The number of amides is 1. The SMILES string of the molecule is CCN(Cc1ccccc1C#N)C(=O)CCNC. The Balaban J connectivity index is 2.74. The molecule has 1 aromatic rings. The van der Waals surface area contributed by atoms with Crippen LogP contribution in [0.15, 0.2) is 24.3 Å². The molecule has 1 N–H and O–H groups in total. The van der Waals surface area contributed by atoms with E-state index in [1.807, 2.05) is 32.2 Å². The van der Waals surface area contributed by atoms with E-state index in [0.29, 0.717) is 31.6 Å². The first-order valence-electron chi connectivity index (χ1n) is 6.13. The van der Waals surface area contributed by atoms with Gasteiger partial charge in [0.1, 0.15) is 0 Å². The summed E-state index contributed by atoms with van der Waals surface area (Å²) in [7, 11) is 1.83. The smallest absolute Gasteiger partial charge is 0.224 e. The maximum Gasteiger partial charge on any atom is 0.224 e. The van der Waals surface area contributed by atoms with Gasteiger partial charge in [-0.3, -0.25) is 4.79 Å². The van der Waals surface area contributed by atoms with E-state index < -0.39 is 0 Å². The van der Waals surface area contributed by atoms with Crippen molar-refractivity contribution in [3.63, 3.8) is 0 Å². The van der Waals surface area contributed by atoms with Gasteiger partial charge in [0.05, 0.1) is 11.6 Å². The van der Waals surface area contributed by atoms with Crippen LogP contribution in [0.3, 0.4) is 0 Å². The maximum atomic E-state index is 11.9. The normalized spacial score (nSPS) is 9.83. The van der Waals surface area contributed by atoms with Crippen LogP contribution in [0.25, 0.3) is 0 Å². The Kier molecular flexibility index (Phi) is 5.89. The zero-order valence-electron chi connectivity index (χ0n) is 10.9. The molecular weight excluding hydrogens is 226 g/mol. The van der Waals surface area contributed by atoms with Crippen molar-refractivity contribution >= 4 is 5.91 Å². The number of hydrogen-bond donors (Lipinski definition) is 1. The quantitative estimate of drug-likeness (QED) is 0.826. The summed E-state index contributed by atoms with van der Waals surface area (Å²) in [5.74, 6) is 0.111. The van der Waals surface area contributed by atoms with Crippen LogP contribution < -0.4 is 5.32 Å². The lowest BCUT2D eigenvalue weighted by Gasteiger charge is -2.21. The monoisotopic (exact) mass is 245 g/mol. The molecule has 0 spiro atoms. The van der Waals surface area contributed by atoms with Crippen LogP contribution >= 0.6 is 0 Å². The van der Waals surface area contributed by atoms with E-state index in [2.05, 4.69) is 11.4 Å². The van der Waals surface area contributed by atoms with Crippen molar-refractivity contribution in [2.45, 2.75) is 19.9 Å². The highest BCUT2D eigenvalue weighted by Gasteiger charge is 2.13. The molecule has 0 aliphatic rings. The van der Waals surface area contributed by atoms with Crippen molar-refractivity contribution in [3.8, 4) is 6.07 Å². The molecule has 0 bridgehead atoms. The van der Waals surface area contributed by atoms with Crippen LogP contribution in [-0.2, 0) is 11.3 Å². The van der Waals surface area contributed by atoms with Crippen LogP contribution in [0.5, 0.6) is 0 Å². The van der Waals surface area contributed by atoms with Gasteiger partial charge in [-0.15, -0.1) is 0 Å². The number of nitrogens with one attached hydrogen (secondary N) is 1. The molecular formula is C14H19N3O. The molecule has 0 unspecified atom stereocenters. The number of carbonyl (C=O) groups excluding carboxylic acids is 1. The first kappa shape index (κ1) is 14.2. The Morgan fingerprint density at radius 2 is 2.17 bits per heavy atom. The maximum absolute atomic E-state index is 11.9. The zero-order chi connectivity index (χ0) is 13.4. The Hall–Kier alpha value is -1.86. The van der Waals surface area contributed by atoms with Gasteiger partial charge in [-0.2, -0.15) is 5.26 Å². The molecule has 4 nitrogen and oxygen atoms in total. The van der Waals surface area contributed by atoms with Gasteiger partial charge >= 0.3 is 0 Å². The van der Waals surface area contributed by atoms with Gasteiger partial charge in [0.25, 0.3) is 0 Å². The van der Waals surface area contributed by atoms with Gasteiger partial charge in [0, 0.05) is 26.1 Å². The second-order valence-electron chi connectivity index (χ2n) is 4.03. The largest absolute Gasteiger partial charge is 0.339 e. The average Bonchev–Trinajstić information content (AvgIpc) is 2.42. The third-order valence-corrected chi connectivity index (χ3v) is 2.82. The topological polar surface area (TPSA) is 56.1 Å². The summed E-state index contributed by atoms with van der Waals surface area (Å²) in [6, 6.07) is 9.56. The van der Waals surface area contributed by atoms with Gasteiger partial charge in [0.15, 0.2) is 0 Å². The van der Waals surface area contributed by atoms with E-state index in [1.54, 1.807) is 11.0 Å². The highest BCUT2D eigenvalue weighted by atomic mass is 16.2. The Morgan fingerprint density at radius 3 is 2.78 bits per heavy atom. The molecule has 0 aliphatic heterocycles. The van der Waals surface area contributed by atoms with Gasteiger partial charge in [-0.05, 0) is 25.6 Å². The van der Waals surface area contributed by atoms with Gasteiger partial charge in [0.2, 0.25) is 5.91 Å². The van der Waals surface area contributed by atoms with E-state index in [-0.39, 0.29) is 5.91 Å². The molecule has 0 saturated carbocycles.